The third-order valence-corrected chi connectivity index (χ3v) is 5.20. The Hall–Kier alpha value is -2.21. The van der Waals surface area contributed by atoms with E-state index in [1.807, 2.05) is 13.8 Å². The van der Waals surface area contributed by atoms with Crippen molar-refractivity contribution in [3.63, 3.8) is 0 Å². The van der Waals surface area contributed by atoms with Crippen LogP contribution in [0.1, 0.15) is 37.4 Å². The smallest absolute Gasteiger partial charge is 0.426 e. The van der Waals surface area contributed by atoms with E-state index in [9.17, 15) is 22.4 Å². The van der Waals surface area contributed by atoms with Gasteiger partial charge in [-0.3, -0.25) is 10.2 Å². The van der Waals surface area contributed by atoms with Crippen molar-refractivity contribution in [3.05, 3.63) is 52.8 Å². The SMILES string of the molecule is CC(C)c1nccc([C@H]2CN(C[C@H](OC(=O)Nc3ccc(Cl)c(F)c3)C(F)(F)F)CCO2)n1.Cl. The van der Waals surface area contributed by atoms with E-state index in [0.29, 0.717) is 11.5 Å². The fourth-order valence-electron chi connectivity index (χ4n) is 3.19. The lowest BCUT2D eigenvalue weighted by molar-refractivity contribution is -0.209. The molecule has 1 saturated heterocycles. The Bertz CT molecular complexity index is 981. The molecule has 0 radical (unpaired) electrons. The zero-order valence-corrected chi connectivity index (χ0v) is 19.9. The van der Waals surface area contributed by atoms with Crippen LogP contribution in [0.15, 0.2) is 30.5 Å². The fourth-order valence-corrected chi connectivity index (χ4v) is 3.30. The Balaban J connectivity index is 0.00000408. The van der Waals surface area contributed by atoms with Crippen molar-refractivity contribution in [2.24, 2.45) is 0 Å². The first kappa shape index (κ1) is 28.0. The third-order valence-electron chi connectivity index (χ3n) is 4.90. The largest absolute Gasteiger partial charge is 0.435 e. The molecule has 2 atom stereocenters. The number of hydrogen-bond donors (Lipinski definition) is 1. The molecule has 0 saturated carbocycles. The second-order valence-corrected chi connectivity index (χ2v) is 8.21. The van der Waals surface area contributed by atoms with Crippen molar-refractivity contribution in [1.29, 1.82) is 0 Å². The van der Waals surface area contributed by atoms with Gasteiger partial charge in [-0.05, 0) is 24.3 Å². The van der Waals surface area contributed by atoms with Gasteiger partial charge in [0, 0.05) is 37.4 Å². The van der Waals surface area contributed by atoms with Crippen molar-refractivity contribution in [2.45, 2.75) is 38.1 Å². The van der Waals surface area contributed by atoms with Gasteiger partial charge in [-0.2, -0.15) is 13.2 Å². The second-order valence-electron chi connectivity index (χ2n) is 7.80. The minimum atomic E-state index is -4.81. The molecule has 3 rings (SSSR count). The number of halogens is 6. The number of amides is 1. The maximum Gasteiger partial charge on any atom is 0.426 e. The van der Waals surface area contributed by atoms with Gasteiger partial charge in [-0.15, -0.1) is 12.4 Å². The summed E-state index contributed by atoms with van der Waals surface area (Å²) in [5.74, 6) is -0.133. The van der Waals surface area contributed by atoms with Crippen LogP contribution in [0, 0.1) is 5.82 Å². The molecule has 0 bridgehead atoms. The number of rotatable bonds is 6. The van der Waals surface area contributed by atoms with Crippen LogP contribution >= 0.6 is 24.0 Å². The normalized spacial score (nSPS) is 17.7. The zero-order chi connectivity index (χ0) is 24.2. The molecule has 1 fully saturated rings. The Morgan fingerprint density at radius 3 is 2.74 bits per heavy atom. The van der Waals surface area contributed by atoms with Gasteiger partial charge in [0.25, 0.3) is 0 Å². The van der Waals surface area contributed by atoms with Crippen LogP contribution in [-0.4, -0.2) is 59.5 Å². The van der Waals surface area contributed by atoms with E-state index < -0.39 is 36.8 Å². The van der Waals surface area contributed by atoms with E-state index in [1.54, 1.807) is 12.3 Å². The highest BCUT2D eigenvalue weighted by Gasteiger charge is 2.44. The van der Waals surface area contributed by atoms with Crippen LogP contribution in [0.3, 0.4) is 0 Å². The monoisotopic (exact) mass is 526 g/mol. The van der Waals surface area contributed by atoms with Crippen molar-refractivity contribution < 1.29 is 31.8 Å². The van der Waals surface area contributed by atoms with E-state index in [2.05, 4.69) is 20.0 Å². The Morgan fingerprint density at radius 2 is 2.09 bits per heavy atom. The van der Waals surface area contributed by atoms with Crippen molar-refractivity contribution >= 4 is 35.8 Å². The van der Waals surface area contributed by atoms with Gasteiger partial charge in [0.05, 0.1) is 17.3 Å². The number of hydrogen-bond acceptors (Lipinski definition) is 6. The van der Waals surface area contributed by atoms with Crippen molar-refractivity contribution in [2.75, 3.05) is 31.6 Å². The lowest BCUT2D eigenvalue weighted by Crippen LogP contribution is -2.48. The first-order chi connectivity index (χ1) is 15.5. The van der Waals surface area contributed by atoms with Crippen LogP contribution in [0.25, 0.3) is 0 Å². The molecule has 1 N–H and O–H groups in total. The predicted octanol–water partition coefficient (Wildman–Crippen LogP) is 5.37. The molecule has 1 aliphatic heterocycles. The molecule has 1 amide bonds. The lowest BCUT2D eigenvalue weighted by atomic mass is 10.1. The van der Waals surface area contributed by atoms with Crippen LogP contribution in [0.4, 0.5) is 28.0 Å². The highest BCUT2D eigenvalue weighted by atomic mass is 35.5. The molecule has 7 nitrogen and oxygen atoms in total. The quantitative estimate of drug-likeness (QED) is 0.510. The Labute approximate surface area is 205 Å². The average molecular weight is 527 g/mol. The summed E-state index contributed by atoms with van der Waals surface area (Å²) in [6.45, 7) is 3.82. The first-order valence-electron chi connectivity index (χ1n) is 10.2. The molecule has 34 heavy (non-hydrogen) atoms. The zero-order valence-electron chi connectivity index (χ0n) is 18.3. The molecule has 188 valence electrons. The molecule has 0 spiro atoms. The number of aromatic nitrogens is 2. The summed E-state index contributed by atoms with van der Waals surface area (Å²) in [6.07, 6.45) is -7.52. The van der Waals surface area contributed by atoms with Crippen LogP contribution in [-0.2, 0) is 9.47 Å². The number of benzene rings is 1. The molecule has 0 aliphatic carbocycles. The number of ether oxygens (including phenoxy) is 2. The summed E-state index contributed by atoms with van der Waals surface area (Å²) in [6, 6.07) is 4.96. The molecule has 2 aromatic rings. The van der Waals surface area contributed by atoms with Crippen LogP contribution < -0.4 is 5.32 Å². The minimum Gasteiger partial charge on any atom is -0.435 e. The number of anilines is 1. The van der Waals surface area contributed by atoms with Gasteiger partial charge in [0.15, 0.2) is 0 Å². The van der Waals surface area contributed by atoms with Gasteiger partial charge in [0.1, 0.15) is 17.7 Å². The van der Waals surface area contributed by atoms with Crippen molar-refractivity contribution in [1.82, 2.24) is 14.9 Å². The molecular weight excluding hydrogens is 503 g/mol. The number of carbonyl (C=O) groups is 1. The van der Waals surface area contributed by atoms with E-state index in [1.165, 1.54) is 17.0 Å². The van der Waals surface area contributed by atoms with Crippen LogP contribution in [0.5, 0.6) is 0 Å². The highest BCUT2D eigenvalue weighted by Crippen LogP contribution is 2.28. The van der Waals surface area contributed by atoms with Gasteiger partial charge in [-0.25, -0.2) is 19.2 Å². The van der Waals surface area contributed by atoms with E-state index in [-0.39, 0.29) is 48.7 Å². The fraction of sp³-hybridized carbons (Fsp3) is 0.476. The summed E-state index contributed by atoms with van der Waals surface area (Å²) < 4.78 is 64.6. The van der Waals surface area contributed by atoms with Gasteiger partial charge in [-0.1, -0.05) is 25.4 Å². The summed E-state index contributed by atoms with van der Waals surface area (Å²) in [5.41, 5.74) is 0.490. The van der Waals surface area contributed by atoms with Gasteiger partial charge >= 0.3 is 12.3 Å². The summed E-state index contributed by atoms with van der Waals surface area (Å²) in [5, 5.41) is 1.89. The number of nitrogens with zero attached hydrogens (tertiary/aromatic N) is 3. The molecule has 1 aromatic carbocycles. The standard InChI is InChI=1S/C21H23ClF4N4O3.ClH/c1-12(2)19-27-6-5-16(29-19)17-10-30(7-8-32-17)11-18(21(24,25)26)33-20(31)28-13-3-4-14(22)15(23)9-13;/h3-6,9,12,17-18H,7-8,10-11H2,1-2H3,(H,28,31);1H/t17-,18+;/m1./s1. The number of carbonyl (C=O) groups excluding carboxylic acids is 1. The predicted molar refractivity (Wildman–Crippen MR) is 120 cm³/mol. The summed E-state index contributed by atoms with van der Waals surface area (Å²) >= 11 is 5.56. The highest BCUT2D eigenvalue weighted by molar-refractivity contribution is 6.30. The number of morpholine rings is 1. The summed E-state index contributed by atoms with van der Waals surface area (Å²) in [7, 11) is 0. The first-order valence-corrected chi connectivity index (χ1v) is 10.6. The lowest BCUT2D eigenvalue weighted by Gasteiger charge is -2.35. The third kappa shape index (κ3) is 7.66. The van der Waals surface area contributed by atoms with Crippen LogP contribution in [0.2, 0.25) is 5.02 Å². The Morgan fingerprint density at radius 1 is 1.35 bits per heavy atom. The van der Waals surface area contributed by atoms with Crippen molar-refractivity contribution in [3.8, 4) is 0 Å². The minimum absolute atomic E-state index is 0. The molecule has 13 heteroatoms. The van der Waals surface area contributed by atoms with Gasteiger partial charge in [0.2, 0.25) is 6.10 Å². The molecule has 2 heterocycles. The number of alkyl halides is 3. The maximum absolute atomic E-state index is 13.6. The molecular formula is C21H24Cl2F4N4O3. The van der Waals surface area contributed by atoms with Gasteiger partial charge < -0.3 is 9.47 Å². The number of nitrogens with one attached hydrogen (secondary N) is 1. The Kier molecular flexibility index (Phi) is 9.86. The van der Waals surface area contributed by atoms with E-state index in [0.717, 1.165) is 6.07 Å². The average Bonchev–Trinajstić information content (AvgIpc) is 2.75. The summed E-state index contributed by atoms with van der Waals surface area (Å²) in [4.78, 5) is 22.2. The van der Waals surface area contributed by atoms with E-state index in [4.69, 9.17) is 16.3 Å². The maximum atomic E-state index is 13.6. The molecule has 0 unspecified atom stereocenters. The van der Waals surface area contributed by atoms with E-state index >= 15 is 0 Å². The topological polar surface area (TPSA) is 76.6 Å². The second kappa shape index (κ2) is 12.0. The molecule has 1 aliphatic rings. The molecule has 1 aromatic heterocycles.